The van der Waals surface area contributed by atoms with Crippen LogP contribution in [0, 0.1) is 0 Å². The van der Waals surface area contributed by atoms with E-state index in [0.717, 1.165) is 17.7 Å². The van der Waals surface area contributed by atoms with Crippen molar-refractivity contribution in [2.45, 2.75) is 45.6 Å². The molecule has 0 fully saturated rings. The number of carbonyl (C=O) groups excluding carboxylic acids is 1. The summed E-state index contributed by atoms with van der Waals surface area (Å²) >= 11 is 0. The van der Waals surface area contributed by atoms with E-state index in [2.05, 4.69) is 19.2 Å². The molecular weight excluding hydrogens is 212 g/mol. The lowest BCUT2D eigenvalue weighted by Gasteiger charge is -2.17. The Kier molecular flexibility index (Phi) is 5.53. The number of nitrogens with two attached hydrogens (primary N) is 1. The van der Waals surface area contributed by atoms with Crippen LogP contribution in [0.5, 0.6) is 0 Å². The Morgan fingerprint density at radius 3 is 2.41 bits per heavy atom. The number of amides is 1. The van der Waals surface area contributed by atoms with Crippen LogP contribution in [0.2, 0.25) is 0 Å². The average Bonchev–Trinajstić information content (AvgIpc) is 2.30. The van der Waals surface area contributed by atoms with Crippen LogP contribution in [0.4, 0.5) is 5.69 Å². The van der Waals surface area contributed by atoms with E-state index in [4.69, 9.17) is 5.73 Å². The van der Waals surface area contributed by atoms with Crippen LogP contribution in [-0.4, -0.2) is 11.9 Å². The molecule has 94 valence electrons. The van der Waals surface area contributed by atoms with Crippen molar-refractivity contribution in [3.05, 3.63) is 29.8 Å². The smallest absolute Gasteiger partial charge is 0.221 e. The van der Waals surface area contributed by atoms with Gasteiger partial charge in [-0.15, -0.1) is 0 Å². The zero-order valence-corrected chi connectivity index (χ0v) is 10.7. The molecule has 0 radical (unpaired) electrons. The number of anilines is 1. The van der Waals surface area contributed by atoms with Crippen LogP contribution >= 0.6 is 0 Å². The molecule has 1 atom stereocenters. The van der Waals surface area contributed by atoms with E-state index >= 15 is 0 Å². The molecule has 1 amide bonds. The maximum atomic E-state index is 10.8. The van der Waals surface area contributed by atoms with Gasteiger partial charge < -0.3 is 11.1 Å². The first-order chi connectivity index (χ1) is 8.15. The normalized spacial score (nSPS) is 12.1. The van der Waals surface area contributed by atoms with Gasteiger partial charge in [-0.25, -0.2) is 0 Å². The van der Waals surface area contributed by atoms with E-state index in [0.29, 0.717) is 12.5 Å². The van der Waals surface area contributed by atoms with E-state index in [1.807, 2.05) is 24.3 Å². The molecule has 0 saturated heterocycles. The van der Waals surface area contributed by atoms with Crippen molar-refractivity contribution in [3.63, 3.8) is 0 Å². The van der Waals surface area contributed by atoms with Crippen molar-refractivity contribution >= 4 is 11.6 Å². The van der Waals surface area contributed by atoms with Gasteiger partial charge >= 0.3 is 0 Å². The number of rotatable bonds is 7. The van der Waals surface area contributed by atoms with Gasteiger partial charge in [0.2, 0.25) is 5.91 Å². The van der Waals surface area contributed by atoms with Gasteiger partial charge in [-0.3, -0.25) is 4.79 Å². The fourth-order valence-electron chi connectivity index (χ4n) is 1.88. The molecule has 0 aliphatic carbocycles. The lowest BCUT2D eigenvalue weighted by molar-refractivity contribution is -0.117. The van der Waals surface area contributed by atoms with E-state index in [1.165, 1.54) is 12.8 Å². The molecule has 0 spiro atoms. The topological polar surface area (TPSA) is 55.1 Å². The van der Waals surface area contributed by atoms with Crippen molar-refractivity contribution in [2.24, 2.45) is 5.73 Å². The standard InChI is InChI=1S/C14H22N2O/c1-3-5-12(4-2)16-13-8-6-11(7-9-13)10-14(15)17/h6-9,12,16H,3-5,10H2,1-2H3,(H2,15,17). The summed E-state index contributed by atoms with van der Waals surface area (Å²) in [7, 11) is 0. The van der Waals surface area contributed by atoms with E-state index in [9.17, 15) is 4.79 Å². The van der Waals surface area contributed by atoms with Gasteiger partial charge in [0.05, 0.1) is 6.42 Å². The highest BCUT2D eigenvalue weighted by Gasteiger charge is 2.04. The highest BCUT2D eigenvalue weighted by atomic mass is 16.1. The van der Waals surface area contributed by atoms with Crippen molar-refractivity contribution in [1.82, 2.24) is 0 Å². The van der Waals surface area contributed by atoms with Gasteiger partial charge in [-0.2, -0.15) is 0 Å². The highest BCUT2D eigenvalue weighted by molar-refractivity contribution is 5.76. The number of hydrogen-bond donors (Lipinski definition) is 2. The first-order valence-corrected chi connectivity index (χ1v) is 6.29. The van der Waals surface area contributed by atoms with Crippen molar-refractivity contribution in [1.29, 1.82) is 0 Å². The third-order valence-electron chi connectivity index (χ3n) is 2.83. The minimum Gasteiger partial charge on any atom is -0.382 e. The molecule has 1 rings (SSSR count). The second-order valence-corrected chi connectivity index (χ2v) is 4.38. The second-order valence-electron chi connectivity index (χ2n) is 4.38. The highest BCUT2D eigenvalue weighted by Crippen LogP contribution is 2.14. The van der Waals surface area contributed by atoms with Gasteiger partial charge in [0, 0.05) is 11.7 Å². The number of hydrogen-bond acceptors (Lipinski definition) is 2. The Morgan fingerprint density at radius 1 is 1.29 bits per heavy atom. The summed E-state index contributed by atoms with van der Waals surface area (Å²) in [5.41, 5.74) is 7.22. The molecule has 0 saturated carbocycles. The molecule has 3 N–H and O–H groups in total. The number of carbonyl (C=O) groups is 1. The van der Waals surface area contributed by atoms with Gasteiger partial charge in [0.25, 0.3) is 0 Å². The van der Waals surface area contributed by atoms with Gasteiger partial charge in [-0.05, 0) is 30.5 Å². The number of benzene rings is 1. The zero-order chi connectivity index (χ0) is 12.7. The lowest BCUT2D eigenvalue weighted by atomic mass is 10.1. The Balaban J connectivity index is 2.57. The quantitative estimate of drug-likeness (QED) is 0.762. The Hall–Kier alpha value is -1.51. The molecule has 17 heavy (non-hydrogen) atoms. The van der Waals surface area contributed by atoms with E-state index in [-0.39, 0.29) is 5.91 Å². The van der Waals surface area contributed by atoms with E-state index in [1.54, 1.807) is 0 Å². The van der Waals surface area contributed by atoms with Crippen molar-refractivity contribution in [2.75, 3.05) is 5.32 Å². The molecule has 1 aromatic carbocycles. The van der Waals surface area contributed by atoms with Crippen LogP contribution in [0.25, 0.3) is 0 Å². The van der Waals surface area contributed by atoms with Crippen LogP contribution < -0.4 is 11.1 Å². The number of nitrogens with one attached hydrogen (secondary N) is 1. The Labute approximate surface area is 103 Å². The lowest BCUT2D eigenvalue weighted by Crippen LogP contribution is -2.18. The summed E-state index contributed by atoms with van der Waals surface area (Å²) in [5, 5.41) is 3.49. The van der Waals surface area contributed by atoms with Gasteiger partial charge in [-0.1, -0.05) is 32.4 Å². The average molecular weight is 234 g/mol. The molecule has 0 aliphatic heterocycles. The van der Waals surface area contributed by atoms with Crippen LogP contribution in [0.15, 0.2) is 24.3 Å². The van der Waals surface area contributed by atoms with E-state index < -0.39 is 0 Å². The Bertz CT molecular complexity index is 346. The fourth-order valence-corrected chi connectivity index (χ4v) is 1.88. The molecule has 1 aromatic rings. The van der Waals surface area contributed by atoms with Crippen molar-refractivity contribution < 1.29 is 4.79 Å². The van der Waals surface area contributed by atoms with Gasteiger partial charge in [0.1, 0.15) is 0 Å². The minimum absolute atomic E-state index is 0.289. The largest absolute Gasteiger partial charge is 0.382 e. The summed E-state index contributed by atoms with van der Waals surface area (Å²) in [4.78, 5) is 10.8. The van der Waals surface area contributed by atoms with Crippen LogP contribution in [0.3, 0.4) is 0 Å². The molecule has 0 aromatic heterocycles. The van der Waals surface area contributed by atoms with Gasteiger partial charge in [0.15, 0.2) is 0 Å². The minimum atomic E-state index is -0.289. The van der Waals surface area contributed by atoms with Crippen LogP contribution in [0.1, 0.15) is 38.7 Å². The monoisotopic (exact) mass is 234 g/mol. The zero-order valence-electron chi connectivity index (χ0n) is 10.7. The first kappa shape index (κ1) is 13.6. The Morgan fingerprint density at radius 2 is 1.94 bits per heavy atom. The first-order valence-electron chi connectivity index (χ1n) is 6.29. The summed E-state index contributed by atoms with van der Waals surface area (Å²) in [6, 6.07) is 8.45. The number of primary amides is 1. The predicted octanol–water partition coefficient (Wildman–Crippen LogP) is 2.71. The summed E-state index contributed by atoms with van der Waals surface area (Å²) in [5.74, 6) is -0.289. The summed E-state index contributed by atoms with van der Waals surface area (Å²) in [6.07, 6.45) is 3.80. The predicted molar refractivity (Wildman–Crippen MR) is 72.0 cm³/mol. The maximum Gasteiger partial charge on any atom is 0.221 e. The molecule has 3 heteroatoms. The third-order valence-corrected chi connectivity index (χ3v) is 2.83. The molecule has 1 unspecified atom stereocenters. The maximum absolute atomic E-state index is 10.8. The molecule has 3 nitrogen and oxygen atoms in total. The molecule has 0 heterocycles. The molecule has 0 bridgehead atoms. The fraction of sp³-hybridized carbons (Fsp3) is 0.500. The van der Waals surface area contributed by atoms with Crippen LogP contribution in [-0.2, 0) is 11.2 Å². The SMILES string of the molecule is CCCC(CC)Nc1ccc(CC(N)=O)cc1. The third kappa shape index (κ3) is 4.89. The second kappa shape index (κ2) is 6.94. The molecule has 0 aliphatic rings. The summed E-state index contributed by atoms with van der Waals surface area (Å²) < 4.78 is 0. The molecular formula is C14H22N2O. The summed E-state index contributed by atoms with van der Waals surface area (Å²) in [6.45, 7) is 4.38. The van der Waals surface area contributed by atoms with Crippen molar-refractivity contribution in [3.8, 4) is 0 Å².